The molecule has 5 heteroatoms. The molecule has 0 spiro atoms. The molecule has 0 radical (unpaired) electrons. The third kappa shape index (κ3) is 4.59. The van der Waals surface area contributed by atoms with Crippen LogP contribution in [0, 0.1) is 0 Å². The van der Waals surface area contributed by atoms with Crippen LogP contribution < -0.4 is 10.1 Å². The van der Waals surface area contributed by atoms with E-state index in [4.69, 9.17) is 9.47 Å². The lowest BCUT2D eigenvalue weighted by Crippen LogP contribution is -2.19. The number of aromatic nitrogens is 1. The number of nitrogens with one attached hydrogen (secondary N) is 1. The molecule has 1 aromatic carbocycles. The summed E-state index contributed by atoms with van der Waals surface area (Å²) in [7, 11) is 1.69. The van der Waals surface area contributed by atoms with Gasteiger partial charge in [-0.15, -0.1) is 0 Å². The van der Waals surface area contributed by atoms with E-state index < -0.39 is 0 Å². The van der Waals surface area contributed by atoms with Crippen molar-refractivity contribution in [3.63, 3.8) is 0 Å². The van der Waals surface area contributed by atoms with Crippen molar-refractivity contribution in [1.82, 2.24) is 10.3 Å². The predicted molar refractivity (Wildman–Crippen MR) is 82.0 cm³/mol. The van der Waals surface area contributed by atoms with E-state index in [2.05, 4.69) is 26.2 Å². The van der Waals surface area contributed by atoms with Crippen LogP contribution in [0.1, 0.15) is 5.56 Å². The molecular formula is C15H17BrN2O2. The van der Waals surface area contributed by atoms with Crippen LogP contribution in [0.3, 0.4) is 0 Å². The molecule has 0 bridgehead atoms. The van der Waals surface area contributed by atoms with Gasteiger partial charge in [-0.2, -0.15) is 0 Å². The minimum Gasteiger partial charge on any atom is -0.439 e. The summed E-state index contributed by atoms with van der Waals surface area (Å²) >= 11 is 3.40. The third-order valence-corrected chi connectivity index (χ3v) is 3.21. The van der Waals surface area contributed by atoms with Crippen molar-refractivity contribution in [3.8, 4) is 11.6 Å². The van der Waals surface area contributed by atoms with Crippen LogP contribution >= 0.6 is 15.9 Å². The van der Waals surface area contributed by atoms with Crippen molar-refractivity contribution in [2.45, 2.75) is 6.54 Å². The Kier molecular flexibility index (Phi) is 5.98. The van der Waals surface area contributed by atoms with Crippen molar-refractivity contribution < 1.29 is 9.47 Å². The highest BCUT2D eigenvalue weighted by Gasteiger charge is 2.05. The normalized spacial score (nSPS) is 10.5. The summed E-state index contributed by atoms with van der Waals surface area (Å²) in [5.74, 6) is 1.39. The molecule has 0 aliphatic heterocycles. The Balaban J connectivity index is 2.01. The first-order valence-electron chi connectivity index (χ1n) is 6.36. The van der Waals surface area contributed by atoms with Gasteiger partial charge in [0, 0.05) is 36.4 Å². The largest absolute Gasteiger partial charge is 0.439 e. The van der Waals surface area contributed by atoms with Crippen LogP contribution in [0.25, 0.3) is 0 Å². The van der Waals surface area contributed by atoms with E-state index in [0.717, 1.165) is 22.3 Å². The summed E-state index contributed by atoms with van der Waals surface area (Å²) in [6, 6.07) is 11.6. The van der Waals surface area contributed by atoms with E-state index in [-0.39, 0.29) is 0 Å². The van der Waals surface area contributed by atoms with Crippen LogP contribution in [0.5, 0.6) is 11.6 Å². The first kappa shape index (κ1) is 15.0. The molecule has 0 saturated carbocycles. The lowest BCUT2D eigenvalue weighted by Gasteiger charge is -2.10. The molecule has 1 heterocycles. The van der Waals surface area contributed by atoms with E-state index in [1.54, 1.807) is 13.3 Å². The van der Waals surface area contributed by atoms with Gasteiger partial charge < -0.3 is 14.8 Å². The van der Waals surface area contributed by atoms with Crippen LogP contribution in [0.15, 0.2) is 47.1 Å². The zero-order valence-corrected chi connectivity index (χ0v) is 12.9. The van der Waals surface area contributed by atoms with Crippen LogP contribution in [0.4, 0.5) is 0 Å². The van der Waals surface area contributed by atoms with Gasteiger partial charge in [-0.05, 0) is 30.3 Å². The summed E-state index contributed by atoms with van der Waals surface area (Å²) in [5.41, 5.74) is 1.02. The molecule has 4 nitrogen and oxygen atoms in total. The average Bonchev–Trinajstić information content (AvgIpc) is 2.47. The lowest BCUT2D eigenvalue weighted by molar-refractivity contribution is 0.199. The zero-order chi connectivity index (χ0) is 14.2. The second-order valence-electron chi connectivity index (χ2n) is 4.19. The molecule has 0 saturated heterocycles. The van der Waals surface area contributed by atoms with E-state index in [9.17, 15) is 0 Å². The summed E-state index contributed by atoms with van der Waals surface area (Å²) < 4.78 is 11.8. The molecule has 0 fully saturated rings. The average molecular weight is 337 g/mol. The fourth-order valence-electron chi connectivity index (χ4n) is 1.66. The van der Waals surface area contributed by atoms with Gasteiger partial charge >= 0.3 is 0 Å². The predicted octanol–water partition coefficient (Wildman–Crippen LogP) is 3.37. The summed E-state index contributed by atoms with van der Waals surface area (Å²) in [6.07, 6.45) is 1.73. The van der Waals surface area contributed by atoms with E-state index >= 15 is 0 Å². The summed E-state index contributed by atoms with van der Waals surface area (Å²) in [5, 5.41) is 3.29. The maximum atomic E-state index is 5.82. The van der Waals surface area contributed by atoms with Crippen molar-refractivity contribution in [1.29, 1.82) is 0 Å². The summed E-state index contributed by atoms with van der Waals surface area (Å²) in [4.78, 5) is 4.29. The fourth-order valence-corrected chi connectivity index (χ4v) is 1.93. The summed E-state index contributed by atoms with van der Waals surface area (Å²) in [6.45, 7) is 2.18. The monoisotopic (exact) mass is 336 g/mol. The van der Waals surface area contributed by atoms with Gasteiger partial charge in [0.15, 0.2) is 0 Å². The molecule has 0 aliphatic rings. The molecule has 2 rings (SSSR count). The van der Waals surface area contributed by atoms with Crippen LogP contribution in [-0.4, -0.2) is 25.2 Å². The van der Waals surface area contributed by atoms with Crippen LogP contribution in [0.2, 0.25) is 0 Å². The lowest BCUT2D eigenvalue weighted by atomic mass is 10.2. The number of ether oxygens (including phenoxy) is 2. The first-order valence-corrected chi connectivity index (χ1v) is 7.16. The van der Waals surface area contributed by atoms with E-state index in [0.29, 0.717) is 19.0 Å². The fraction of sp³-hybridized carbons (Fsp3) is 0.267. The Morgan fingerprint density at radius 2 is 2.00 bits per heavy atom. The van der Waals surface area contributed by atoms with Gasteiger partial charge in [0.25, 0.3) is 0 Å². The Bertz CT molecular complexity index is 532. The number of halogens is 1. The molecule has 1 N–H and O–H groups in total. The molecule has 2 aromatic rings. The van der Waals surface area contributed by atoms with Gasteiger partial charge in [-0.25, -0.2) is 4.98 Å². The minimum atomic E-state index is 0.625. The first-order chi connectivity index (χ1) is 9.79. The van der Waals surface area contributed by atoms with Gasteiger partial charge in [0.2, 0.25) is 5.88 Å². The molecule has 0 amide bonds. The quantitative estimate of drug-likeness (QED) is 0.787. The van der Waals surface area contributed by atoms with Crippen molar-refractivity contribution in [3.05, 3.63) is 52.6 Å². The van der Waals surface area contributed by atoms with E-state index in [1.807, 2.05) is 36.4 Å². The number of methoxy groups -OCH3 is 1. The molecular weight excluding hydrogens is 320 g/mol. The Morgan fingerprint density at radius 1 is 1.20 bits per heavy atom. The minimum absolute atomic E-state index is 0.625. The van der Waals surface area contributed by atoms with Gasteiger partial charge in [0.05, 0.1) is 6.61 Å². The second-order valence-corrected chi connectivity index (χ2v) is 5.11. The van der Waals surface area contributed by atoms with Gasteiger partial charge in [0.1, 0.15) is 5.75 Å². The van der Waals surface area contributed by atoms with Gasteiger partial charge in [-0.3, -0.25) is 0 Å². The maximum Gasteiger partial charge on any atom is 0.223 e. The maximum absolute atomic E-state index is 5.82. The molecule has 106 valence electrons. The van der Waals surface area contributed by atoms with Crippen molar-refractivity contribution in [2.75, 3.05) is 20.3 Å². The highest BCUT2D eigenvalue weighted by Crippen LogP contribution is 2.24. The number of benzene rings is 1. The van der Waals surface area contributed by atoms with Gasteiger partial charge in [-0.1, -0.05) is 22.0 Å². The molecule has 0 atom stereocenters. The highest BCUT2D eigenvalue weighted by atomic mass is 79.9. The smallest absolute Gasteiger partial charge is 0.223 e. The zero-order valence-electron chi connectivity index (χ0n) is 11.3. The number of hydrogen-bond donors (Lipinski definition) is 1. The van der Waals surface area contributed by atoms with Crippen molar-refractivity contribution in [2.24, 2.45) is 0 Å². The Hall–Kier alpha value is -1.43. The molecule has 0 aliphatic carbocycles. The van der Waals surface area contributed by atoms with E-state index in [1.165, 1.54) is 0 Å². The highest BCUT2D eigenvalue weighted by molar-refractivity contribution is 9.10. The molecule has 1 aromatic heterocycles. The van der Waals surface area contributed by atoms with Crippen LogP contribution in [-0.2, 0) is 11.3 Å². The Labute approximate surface area is 127 Å². The molecule has 0 unspecified atom stereocenters. The SMILES string of the molecule is COCCNCc1cccnc1Oc1ccc(Br)cc1. The second kappa shape index (κ2) is 7.99. The number of pyridine rings is 1. The number of hydrogen-bond acceptors (Lipinski definition) is 4. The standard InChI is InChI=1S/C15H17BrN2O2/c1-19-10-9-17-11-12-3-2-8-18-15(12)20-14-6-4-13(16)5-7-14/h2-8,17H,9-11H2,1H3. The number of nitrogens with zero attached hydrogens (tertiary/aromatic N) is 1. The topological polar surface area (TPSA) is 43.4 Å². The molecule has 20 heavy (non-hydrogen) atoms. The third-order valence-electron chi connectivity index (χ3n) is 2.68. The Morgan fingerprint density at radius 3 is 2.75 bits per heavy atom. The number of rotatable bonds is 7. The van der Waals surface area contributed by atoms with Crippen molar-refractivity contribution >= 4 is 15.9 Å².